The van der Waals surface area contributed by atoms with Crippen LogP contribution in [0.1, 0.15) is 80.3 Å². The van der Waals surface area contributed by atoms with Crippen LogP contribution in [0.3, 0.4) is 0 Å². The van der Waals surface area contributed by atoms with E-state index in [1.807, 2.05) is 11.3 Å². The first kappa shape index (κ1) is 15.4. The van der Waals surface area contributed by atoms with Crippen molar-refractivity contribution < 1.29 is 4.74 Å². The fraction of sp³-hybridized carbons (Fsp3) is 0.824. The number of nitrogens with one attached hydrogen (secondary N) is 1. The van der Waals surface area contributed by atoms with Crippen molar-refractivity contribution in [2.75, 3.05) is 13.2 Å². The Kier molecular flexibility index (Phi) is 4.97. The molecule has 1 heterocycles. The first-order valence-electron chi connectivity index (χ1n) is 8.64. The van der Waals surface area contributed by atoms with Gasteiger partial charge in [-0.25, -0.2) is 4.98 Å². The summed E-state index contributed by atoms with van der Waals surface area (Å²) in [5.41, 5.74) is 1.30. The first-order valence-corrected chi connectivity index (χ1v) is 9.45. The highest BCUT2D eigenvalue weighted by Crippen LogP contribution is 2.47. The lowest BCUT2D eigenvalue weighted by atomic mass is 9.85. The van der Waals surface area contributed by atoms with Crippen LogP contribution < -0.4 is 5.32 Å². The van der Waals surface area contributed by atoms with Gasteiger partial charge in [-0.2, -0.15) is 0 Å². The van der Waals surface area contributed by atoms with Crippen LogP contribution in [0.5, 0.6) is 0 Å². The van der Waals surface area contributed by atoms with Gasteiger partial charge in [-0.05, 0) is 39.2 Å². The average molecular weight is 308 g/mol. The zero-order valence-electron chi connectivity index (χ0n) is 13.4. The van der Waals surface area contributed by atoms with Crippen molar-refractivity contribution >= 4 is 11.3 Å². The predicted molar refractivity (Wildman–Crippen MR) is 87.9 cm³/mol. The summed E-state index contributed by atoms with van der Waals surface area (Å²) < 4.78 is 6.26. The lowest BCUT2D eigenvalue weighted by Crippen LogP contribution is -2.32. The summed E-state index contributed by atoms with van der Waals surface area (Å²) in [6.45, 7) is 7.07. The van der Waals surface area contributed by atoms with Gasteiger partial charge in [-0.3, -0.25) is 0 Å². The SMILES string of the molecule is CCNCc1sc(C2(OCC)CCCCC2)nc1C1CC1. The maximum Gasteiger partial charge on any atom is 0.125 e. The van der Waals surface area contributed by atoms with Crippen LogP contribution in [0.25, 0.3) is 0 Å². The summed E-state index contributed by atoms with van der Waals surface area (Å²) in [6.07, 6.45) is 8.85. The molecular formula is C17H28N2OS. The largest absolute Gasteiger partial charge is 0.368 e. The van der Waals surface area contributed by atoms with Gasteiger partial charge in [0, 0.05) is 23.9 Å². The minimum Gasteiger partial charge on any atom is -0.368 e. The molecule has 0 aliphatic heterocycles. The molecule has 1 N–H and O–H groups in total. The maximum atomic E-state index is 6.26. The first-order chi connectivity index (χ1) is 10.3. The van der Waals surface area contributed by atoms with E-state index >= 15 is 0 Å². The van der Waals surface area contributed by atoms with Crippen LogP contribution in [0, 0.1) is 0 Å². The van der Waals surface area contributed by atoms with Crippen molar-refractivity contribution in [1.29, 1.82) is 0 Å². The quantitative estimate of drug-likeness (QED) is 0.814. The molecule has 0 saturated heterocycles. The van der Waals surface area contributed by atoms with Crippen molar-refractivity contribution in [2.45, 2.75) is 76.9 Å². The summed E-state index contributed by atoms with van der Waals surface area (Å²) in [5, 5.41) is 4.74. The molecule has 2 aliphatic carbocycles. The third kappa shape index (κ3) is 3.33. The Bertz CT molecular complexity index is 456. The summed E-state index contributed by atoms with van der Waals surface area (Å²) in [4.78, 5) is 6.55. The summed E-state index contributed by atoms with van der Waals surface area (Å²) >= 11 is 1.91. The van der Waals surface area contributed by atoms with Gasteiger partial charge in [0.05, 0.1) is 5.69 Å². The molecule has 0 amide bonds. The number of aromatic nitrogens is 1. The highest BCUT2D eigenvalue weighted by Gasteiger charge is 2.40. The number of thiazole rings is 1. The van der Waals surface area contributed by atoms with Gasteiger partial charge in [-0.15, -0.1) is 11.3 Å². The van der Waals surface area contributed by atoms with E-state index < -0.39 is 0 Å². The monoisotopic (exact) mass is 308 g/mol. The molecule has 0 aromatic carbocycles. The van der Waals surface area contributed by atoms with E-state index in [1.165, 1.54) is 47.7 Å². The lowest BCUT2D eigenvalue weighted by Gasteiger charge is -2.35. The third-order valence-corrected chi connectivity index (χ3v) is 5.96. The number of hydrogen-bond donors (Lipinski definition) is 1. The second kappa shape index (κ2) is 6.76. The fourth-order valence-electron chi connectivity index (χ4n) is 3.42. The van der Waals surface area contributed by atoms with Crippen molar-refractivity contribution in [2.24, 2.45) is 0 Å². The van der Waals surface area contributed by atoms with Crippen LogP contribution in [-0.2, 0) is 16.9 Å². The Morgan fingerprint density at radius 3 is 2.62 bits per heavy atom. The van der Waals surface area contributed by atoms with Crippen LogP contribution in [0.2, 0.25) is 0 Å². The molecule has 118 valence electrons. The van der Waals surface area contributed by atoms with Crippen molar-refractivity contribution in [3.63, 3.8) is 0 Å². The molecule has 1 aromatic heterocycles. The summed E-state index contributed by atoms with van der Waals surface area (Å²) in [5.74, 6) is 0.728. The zero-order chi connectivity index (χ0) is 14.7. The van der Waals surface area contributed by atoms with Crippen molar-refractivity contribution in [3.8, 4) is 0 Å². The molecule has 3 nitrogen and oxygen atoms in total. The molecule has 21 heavy (non-hydrogen) atoms. The van der Waals surface area contributed by atoms with Gasteiger partial charge < -0.3 is 10.1 Å². The third-order valence-electron chi connectivity index (χ3n) is 4.70. The standard InChI is InChI=1S/C17H28N2OS/c1-3-18-12-14-15(13-8-9-13)19-16(21-14)17(20-4-2)10-6-5-7-11-17/h13,18H,3-12H2,1-2H3. The van der Waals surface area contributed by atoms with Crippen LogP contribution in [0.15, 0.2) is 0 Å². The molecular weight excluding hydrogens is 280 g/mol. The van der Waals surface area contributed by atoms with Crippen molar-refractivity contribution in [3.05, 3.63) is 15.6 Å². The van der Waals surface area contributed by atoms with Gasteiger partial charge in [0.2, 0.25) is 0 Å². The number of ether oxygens (including phenoxy) is 1. The molecule has 0 spiro atoms. The Morgan fingerprint density at radius 1 is 1.24 bits per heavy atom. The van der Waals surface area contributed by atoms with E-state index in [0.29, 0.717) is 0 Å². The molecule has 2 saturated carbocycles. The normalized spacial score (nSPS) is 21.6. The molecule has 0 atom stereocenters. The molecule has 1 aromatic rings. The van der Waals surface area contributed by atoms with E-state index in [1.54, 1.807) is 0 Å². The molecule has 3 rings (SSSR count). The second-order valence-corrected chi connectivity index (χ2v) is 7.45. The number of nitrogens with zero attached hydrogens (tertiary/aromatic N) is 1. The van der Waals surface area contributed by atoms with E-state index in [9.17, 15) is 0 Å². The van der Waals surface area contributed by atoms with Gasteiger partial charge in [-0.1, -0.05) is 26.2 Å². The molecule has 0 radical (unpaired) electrons. The fourth-order valence-corrected chi connectivity index (χ4v) is 4.74. The highest BCUT2D eigenvalue weighted by atomic mass is 32.1. The van der Waals surface area contributed by atoms with Gasteiger partial charge in [0.1, 0.15) is 10.6 Å². The zero-order valence-corrected chi connectivity index (χ0v) is 14.2. The smallest absolute Gasteiger partial charge is 0.125 e. The Hall–Kier alpha value is -0.450. The molecule has 2 aliphatic rings. The van der Waals surface area contributed by atoms with Crippen molar-refractivity contribution in [1.82, 2.24) is 10.3 Å². The van der Waals surface area contributed by atoms with Gasteiger partial charge in [0.15, 0.2) is 0 Å². The molecule has 0 unspecified atom stereocenters. The van der Waals surface area contributed by atoms with E-state index in [4.69, 9.17) is 9.72 Å². The van der Waals surface area contributed by atoms with Crippen LogP contribution >= 0.6 is 11.3 Å². The van der Waals surface area contributed by atoms with E-state index in [0.717, 1.165) is 38.5 Å². The molecule has 4 heteroatoms. The molecule has 2 fully saturated rings. The highest BCUT2D eigenvalue weighted by molar-refractivity contribution is 7.11. The Labute approximate surface area is 132 Å². The summed E-state index contributed by atoms with van der Waals surface area (Å²) in [7, 11) is 0. The number of rotatable bonds is 7. The minimum atomic E-state index is -0.0776. The summed E-state index contributed by atoms with van der Waals surface area (Å²) in [6, 6.07) is 0. The number of hydrogen-bond acceptors (Lipinski definition) is 4. The molecule has 0 bridgehead atoms. The average Bonchev–Trinajstić information content (AvgIpc) is 3.26. The van der Waals surface area contributed by atoms with E-state index in [-0.39, 0.29) is 5.60 Å². The maximum absolute atomic E-state index is 6.26. The van der Waals surface area contributed by atoms with Gasteiger partial charge >= 0.3 is 0 Å². The minimum absolute atomic E-state index is 0.0776. The second-order valence-electron chi connectivity index (χ2n) is 6.37. The Morgan fingerprint density at radius 2 is 2.00 bits per heavy atom. The van der Waals surface area contributed by atoms with E-state index in [2.05, 4.69) is 19.2 Å². The Balaban J connectivity index is 1.88. The lowest BCUT2D eigenvalue weighted by molar-refractivity contribution is -0.0705. The van der Waals surface area contributed by atoms with Crippen LogP contribution in [-0.4, -0.2) is 18.1 Å². The topological polar surface area (TPSA) is 34.1 Å². The predicted octanol–water partition coefficient (Wildman–Crippen LogP) is 4.33. The van der Waals surface area contributed by atoms with Gasteiger partial charge in [0.25, 0.3) is 0 Å². The van der Waals surface area contributed by atoms with Crippen LogP contribution in [0.4, 0.5) is 0 Å².